The first-order valence-electron chi connectivity index (χ1n) is 8.94. The van der Waals surface area contributed by atoms with Gasteiger partial charge in [-0.2, -0.15) is 0 Å². The Labute approximate surface area is 148 Å². The summed E-state index contributed by atoms with van der Waals surface area (Å²) in [5.74, 6) is 0. The standard InChI is InChI=1S/C21H23N3O/c1-2-10-23-19(7-1)15-24(16-20-8-4-12-25-20)14-18-6-3-5-17-13-22-11-9-21(17)18/h1-3,5-7,9-11,13,20H,4,8,12,14-16H2/t20-/m0/s1. The lowest BCUT2D eigenvalue weighted by atomic mass is 10.1. The highest BCUT2D eigenvalue weighted by Crippen LogP contribution is 2.21. The number of benzene rings is 1. The molecule has 0 N–H and O–H groups in total. The first-order valence-corrected chi connectivity index (χ1v) is 8.94. The third-order valence-electron chi connectivity index (χ3n) is 4.76. The molecule has 0 unspecified atom stereocenters. The normalized spacial score (nSPS) is 17.4. The molecule has 0 aliphatic carbocycles. The van der Waals surface area contributed by atoms with Crippen molar-refractivity contribution in [1.29, 1.82) is 0 Å². The van der Waals surface area contributed by atoms with Gasteiger partial charge < -0.3 is 4.74 Å². The van der Waals surface area contributed by atoms with E-state index in [4.69, 9.17) is 4.74 Å². The Morgan fingerprint density at radius 1 is 1.04 bits per heavy atom. The second-order valence-corrected chi connectivity index (χ2v) is 6.64. The van der Waals surface area contributed by atoms with Crippen LogP contribution in [0, 0.1) is 0 Å². The molecule has 3 heterocycles. The Kier molecular flexibility index (Phi) is 5.00. The summed E-state index contributed by atoms with van der Waals surface area (Å²) in [5, 5.41) is 2.46. The molecule has 4 nitrogen and oxygen atoms in total. The first-order chi connectivity index (χ1) is 12.4. The highest BCUT2D eigenvalue weighted by Gasteiger charge is 2.20. The fourth-order valence-corrected chi connectivity index (χ4v) is 3.55. The number of hydrogen-bond acceptors (Lipinski definition) is 4. The number of nitrogens with zero attached hydrogens (tertiary/aromatic N) is 3. The van der Waals surface area contributed by atoms with Crippen LogP contribution in [0.25, 0.3) is 10.8 Å². The van der Waals surface area contributed by atoms with Crippen LogP contribution in [-0.2, 0) is 17.8 Å². The van der Waals surface area contributed by atoms with E-state index in [0.29, 0.717) is 6.10 Å². The summed E-state index contributed by atoms with van der Waals surface area (Å²) in [4.78, 5) is 11.2. The van der Waals surface area contributed by atoms with E-state index in [9.17, 15) is 0 Å². The molecule has 1 fully saturated rings. The Hall–Kier alpha value is -2.30. The lowest BCUT2D eigenvalue weighted by molar-refractivity contribution is 0.0676. The van der Waals surface area contributed by atoms with Gasteiger partial charge in [-0.1, -0.05) is 24.3 Å². The van der Waals surface area contributed by atoms with Gasteiger partial charge >= 0.3 is 0 Å². The summed E-state index contributed by atoms with van der Waals surface area (Å²) in [6.45, 7) is 3.56. The van der Waals surface area contributed by atoms with Gasteiger partial charge in [0.2, 0.25) is 0 Å². The van der Waals surface area contributed by atoms with Gasteiger partial charge in [-0.15, -0.1) is 0 Å². The zero-order valence-electron chi connectivity index (χ0n) is 14.3. The largest absolute Gasteiger partial charge is 0.377 e. The van der Waals surface area contributed by atoms with Crippen LogP contribution in [0.5, 0.6) is 0 Å². The summed E-state index contributed by atoms with van der Waals surface area (Å²) in [6, 6.07) is 14.7. The van der Waals surface area contributed by atoms with Gasteiger partial charge in [0.05, 0.1) is 11.8 Å². The van der Waals surface area contributed by atoms with Crippen molar-refractivity contribution in [2.24, 2.45) is 0 Å². The molecule has 4 heteroatoms. The number of fused-ring (bicyclic) bond motifs is 1. The van der Waals surface area contributed by atoms with E-state index in [-0.39, 0.29) is 0 Å². The molecule has 0 bridgehead atoms. The number of hydrogen-bond donors (Lipinski definition) is 0. The van der Waals surface area contributed by atoms with E-state index < -0.39 is 0 Å². The van der Waals surface area contributed by atoms with Crippen LogP contribution in [0.4, 0.5) is 0 Å². The van der Waals surface area contributed by atoms with Crippen LogP contribution < -0.4 is 0 Å². The van der Waals surface area contributed by atoms with Gasteiger partial charge in [0.15, 0.2) is 0 Å². The van der Waals surface area contributed by atoms with E-state index in [2.05, 4.69) is 51.3 Å². The van der Waals surface area contributed by atoms with E-state index in [1.165, 1.54) is 22.8 Å². The average molecular weight is 333 g/mol. The monoisotopic (exact) mass is 333 g/mol. The Bertz CT molecular complexity index is 810. The van der Waals surface area contributed by atoms with E-state index >= 15 is 0 Å². The lowest BCUT2D eigenvalue weighted by Crippen LogP contribution is -2.31. The number of pyridine rings is 2. The summed E-state index contributed by atoms with van der Waals surface area (Å²) >= 11 is 0. The summed E-state index contributed by atoms with van der Waals surface area (Å²) in [6.07, 6.45) is 8.32. The van der Waals surface area contributed by atoms with Gasteiger partial charge in [-0.3, -0.25) is 14.9 Å². The number of rotatable bonds is 6. The molecule has 0 saturated carbocycles. The zero-order valence-corrected chi connectivity index (χ0v) is 14.3. The molecular formula is C21H23N3O. The van der Waals surface area contributed by atoms with E-state index in [1.54, 1.807) is 0 Å². The minimum Gasteiger partial charge on any atom is -0.377 e. The van der Waals surface area contributed by atoms with Crippen molar-refractivity contribution in [3.8, 4) is 0 Å². The van der Waals surface area contributed by atoms with Crippen molar-refractivity contribution in [1.82, 2.24) is 14.9 Å². The molecule has 3 aromatic rings. The van der Waals surface area contributed by atoms with Gasteiger partial charge in [-0.05, 0) is 42.0 Å². The fraction of sp³-hybridized carbons (Fsp3) is 0.333. The van der Waals surface area contributed by atoms with Gasteiger partial charge in [0, 0.05) is 50.2 Å². The lowest BCUT2D eigenvalue weighted by Gasteiger charge is -2.25. The Morgan fingerprint density at radius 2 is 2.04 bits per heavy atom. The second kappa shape index (κ2) is 7.72. The van der Waals surface area contributed by atoms with Crippen LogP contribution in [0.15, 0.2) is 61.1 Å². The topological polar surface area (TPSA) is 38.2 Å². The predicted molar refractivity (Wildman–Crippen MR) is 99.1 cm³/mol. The second-order valence-electron chi connectivity index (χ2n) is 6.64. The number of aromatic nitrogens is 2. The van der Waals surface area contributed by atoms with E-state index in [0.717, 1.165) is 38.4 Å². The maximum Gasteiger partial charge on any atom is 0.0703 e. The fourth-order valence-electron chi connectivity index (χ4n) is 3.55. The van der Waals surface area contributed by atoms with Crippen LogP contribution >= 0.6 is 0 Å². The molecule has 0 amide bonds. The van der Waals surface area contributed by atoms with Gasteiger partial charge in [-0.25, -0.2) is 0 Å². The van der Waals surface area contributed by atoms with Crippen LogP contribution in [0.3, 0.4) is 0 Å². The van der Waals surface area contributed by atoms with Crippen LogP contribution in [-0.4, -0.2) is 34.1 Å². The molecule has 1 aromatic carbocycles. The smallest absolute Gasteiger partial charge is 0.0703 e. The maximum atomic E-state index is 5.87. The third kappa shape index (κ3) is 4.03. The maximum absolute atomic E-state index is 5.87. The third-order valence-corrected chi connectivity index (χ3v) is 4.76. The first kappa shape index (κ1) is 16.2. The highest BCUT2D eigenvalue weighted by molar-refractivity contribution is 5.84. The molecule has 1 atom stereocenters. The molecule has 25 heavy (non-hydrogen) atoms. The summed E-state index contributed by atoms with van der Waals surface area (Å²) in [5.41, 5.74) is 2.43. The molecule has 0 spiro atoms. The summed E-state index contributed by atoms with van der Waals surface area (Å²) in [7, 11) is 0. The molecule has 1 saturated heterocycles. The Morgan fingerprint density at radius 3 is 2.88 bits per heavy atom. The molecule has 0 radical (unpaired) electrons. The molecule has 4 rings (SSSR count). The van der Waals surface area contributed by atoms with Crippen molar-refractivity contribution in [2.75, 3.05) is 13.2 Å². The molecular weight excluding hydrogens is 310 g/mol. The van der Waals surface area contributed by atoms with Crippen molar-refractivity contribution in [2.45, 2.75) is 32.0 Å². The van der Waals surface area contributed by atoms with Crippen LogP contribution in [0.2, 0.25) is 0 Å². The minimum atomic E-state index is 0.334. The van der Waals surface area contributed by atoms with Crippen molar-refractivity contribution in [3.63, 3.8) is 0 Å². The highest BCUT2D eigenvalue weighted by atomic mass is 16.5. The Balaban J connectivity index is 1.58. The van der Waals surface area contributed by atoms with Crippen LogP contribution in [0.1, 0.15) is 24.1 Å². The predicted octanol–water partition coefficient (Wildman–Crippen LogP) is 3.81. The minimum absolute atomic E-state index is 0.334. The number of ether oxygens (including phenoxy) is 1. The van der Waals surface area contributed by atoms with Crippen molar-refractivity contribution < 1.29 is 4.74 Å². The molecule has 1 aliphatic heterocycles. The molecule has 128 valence electrons. The SMILES string of the molecule is c1ccc(CN(Cc2cccc3cnccc23)C[C@@H]2CCCO2)nc1. The average Bonchev–Trinajstić information content (AvgIpc) is 3.16. The molecule has 1 aliphatic rings. The van der Waals surface area contributed by atoms with Crippen molar-refractivity contribution in [3.05, 3.63) is 72.3 Å². The van der Waals surface area contributed by atoms with Gasteiger partial charge in [0.25, 0.3) is 0 Å². The van der Waals surface area contributed by atoms with Crippen molar-refractivity contribution >= 4 is 10.8 Å². The van der Waals surface area contributed by atoms with Gasteiger partial charge in [0.1, 0.15) is 0 Å². The molecule has 2 aromatic heterocycles. The summed E-state index contributed by atoms with van der Waals surface area (Å²) < 4.78 is 5.87. The quantitative estimate of drug-likeness (QED) is 0.687. The zero-order chi connectivity index (χ0) is 16.9. The van der Waals surface area contributed by atoms with E-state index in [1.807, 2.05) is 24.7 Å².